The van der Waals surface area contributed by atoms with Gasteiger partial charge in [0.05, 0.1) is 12.4 Å². The highest BCUT2D eigenvalue weighted by atomic mass is 16.6. The Labute approximate surface area is 69.1 Å². The number of nitroso groups, excluding NO2 is 1. The van der Waals surface area contributed by atoms with Crippen LogP contribution in [0, 0.1) is 4.91 Å². The molecule has 0 saturated heterocycles. The Morgan fingerprint density at radius 2 is 2.17 bits per heavy atom. The quantitative estimate of drug-likeness (QED) is 0.549. The van der Waals surface area contributed by atoms with E-state index in [0.717, 1.165) is 0 Å². The first-order valence-electron chi connectivity index (χ1n) is 3.25. The summed E-state index contributed by atoms with van der Waals surface area (Å²) in [7, 11) is 1.44. The Kier molecular flexibility index (Phi) is 2.60. The molecule has 1 rings (SSSR count). The van der Waals surface area contributed by atoms with Gasteiger partial charge in [0, 0.05) is 0 Å². The summed E-state index contributed by atoms with van der Waals surface area (Å²) in [5.41, 5.74) is 0.218. The number of ether oxygens (including phenoxy) is 1. The molecule has 0 amide bonds. The van der Waals surface area contributed by atoms with Gasteiger partial charge in [-0.1, -0.05) is 12.1 Å². The zero-order chi connectivity index (χ0) is 8.97. The van der Waals surface area contributed by atoms with Crippen LogP contribution in [0.1, 0.15) is 0 Å². The van der Waals surface area contributed by atoms with Crippen LogP contribution in [0.25, 0.3) is 0 Å². The van der Waals surface area contributed by atoms with Crippen LogP contribution in [0.2, 0.25) is 0 Å². The number of hydrogen-bond donors (Lipinski definition) is 1. The van der Waals surface area contributed by atoms with Gasteiger partial charge in [-0.3, -0.25) is 5.21 Å². The number of para-hydroxylation sites is 2. The van der Waals surface area contributed by atoms with Crippen molar-refractivity contribution < 1.29 is 9.94 Å². The topological polar surface area (TPSA) is 62.1 Å². The molecule has 0 spiro atoms. The van der Waals surface area contributed by atoms with Crippen LogP contribution in [0.3, 0.4) is 0 Å². The van der Waals surface area contributed by atoms with E-state index in [1.54, 1.807) is 18.2 Å². The summed E-state index contributed by atoms with van der Waals surface area (Å²) in [6.07, 6.45) is 0. The Bertz CT molecular complexity index is 277. The van der Waals surface area contributed by atoms with Gasteiger partial charge in [0.15, 0.2) is 0 Å². The molecule has 0 aliphatic heterocycles. The van der Waals surface area contributed by atoms with E-state index in [0.29, 0.717) is 5.75 Å². The first-order chi connectivity index (χ1) is 5.79. The van der Waals surface area contributed by atoms with E-state index in [2.05, 4.69) is 5.29 Å². The van der Waals surface area contributed by atoms with Gasteiger partial charge in [-0.2, -0.15) is 0 Å². The van der Waals surface area contributed by atoms with Crippen LogP contribution in [0.5, 0.6) is 5.75 Å². The molecular formula is C7H8N2O3. The molecule has 0 aliphatic carbocycles. The third-order valence-electron chi connectivity index (χ3n) is 1.38. The summed E-state index contributed by atoms with van der Waals surface area (Å²) in [6.45, 7) is 0. The molecule has 5 nitrogen and oxygen atoms in total. The van der Waals surface area contributed by atoms with E-state index in [4.69, 9.17) is 9.94 Å². The smallest absolute Gasteiger partial charge is 0.146 e. The standard InChI is InChI=1S/C7H8N2O3/c1-12-7-5-3-2-4-6(7)9(11)8-10/h2-5,11H,1H3. The Hall–Kier alpha value is -1.62. The largest absolute Gasteiger partial charge is 0.494 e. The molecule has 1 aromatic rings. The molecule has 0 aromatic heterocycles. The molecule has 5 heteroatoms. The van der Waals surface area contributed by atoms with E-state index in [1.165, 1.54) is 13.2 Å². The number of benzene rings is 1. The molecule has 0 fully saturated rings. The van der Waals surface area contributed by atoms with Crippen molar-refractivity contribution in [3.05, 3.63) is 29.2 Å². The van der Waals surface area contributed by atoms with Gasteiger partial charge in [0.2, 0.25) is 0 Å². The monoisotopic (exact) mass is 168 g/mol. The maximum Gasteiger partial charge on any atom is 0.146 e. The molecule has 0 aliphatic rings. The summed E-state index contributed by atoms with van der Waals surface area (Å²) in [5.74, 6) is 0.389. The fourth-order valence-electron chi connectivity index (χ4n) is 0.839. The van der Waals surface area contributed by atoms with E-state index in [-0.39, 0.29) is 10.9 Å². The molecule has 12 heavy (non-hydrogen) atoms. The first kappa shape index (κ1) is 8.48. The summed E-state index contributed by atoms with van der Waals surface area (Å²) in [5, 5.41) is 11.5. The van der Waals surface area contributed by atoms with E-state index < -0.39 is 0 Å². The number of nitrogens with zero attached hydrogens (tertiary/aromatic N) is 2. The zero-order valence-corrected chi connectivity index (χ0v) is 6.47. The van der Waals surface area contributed by atoms with Crippen LogP contribution >= 0.6 is 0 Å². The molecule has 0 atom stereocenters. The minimum Gasteiger partial charge on any atom is -0.494 e. The molecule has 0 radical (unpaired) electrons. The minimum absolute atomic E-state index is 0.218. The lowest BCUT2D eigenvalue weighted by molar-refractivity contribution is 0.253. The highest BCUT2D eigenvalue weighted by Crippen LogP contribution is 2.26. The average molecular weight is 168 g/mol. The Morgan fingerprint density at radius 1 is 1.50 bits per heavy atom. The third kappa shape index (κ3) is 1.51. The molecule has 0 bridgehead atoms. The number of anilines is 1. The van der Waals surface area contributed by atoms with Crippen LogP contribution in [-0.2, 0) is 0 Å². The highest BCUT2D eigenvalue weighted by Gasteiger charge is 2.07. The molecule has 1 N–H and O–H groups in total. The predicted octanol–water partition coefficient (Wildman–Crippen LogP) is 1.57. The molecule has 1 aromatic carbocycles. The predicted molar refractivity (Wildman–Crippen MR) is 43.1 cm³/mol. The molecule has 0 unspecified atom stereocenters. The first-order valence-corrected chi connectivity index (χ1v) is 3.25. The maximum atomic E-state index is 9.94. The normalized spacial score (nSPS) is 9.17. The van der Waals surface area contributed by atoms with Crippen molar-refractivity contribution in [2.75, 3.05) is 12.3 Å². The van der Waals surface area contributed by atoms with Gasteiger partial charge in [-0.05, 0) is 12.1 Å². The van der Waals surface area contributed by atoms with Gasteiger partial charge >= 0.3 is 0 Å². The summed E-state index contributed by atoms with van der Waals surface area (Å²) < 4.78 is 4.87. The van der Waals surface area contributed by atoms with Gasteiger partial charge in [0.25, 0.3) is 0 Å². The fourth-order valence-corrected chi connectivity index (χ4v) is 0.839. The second-order valence-electron chi connectivity index (χ2n) is 2.04. The number of rotatable bonds is 3. The van der Waals surface area contributed by atoms with Gasteiger partial charge in [0.1, 0.15) is 11.4 Å². The van der Waals surface area contributed by atoms with E-state index in [9.17, 15) is 4.91 Å². The lowest BCUT2D eigenvalue weighted by atomic mass is 10.3. The van der Waals surface area contributed by atoms with Crippen molar-refractivity contribution >= 4 is 5.69 Å². The SMILES string of the molecule is COc1ccccc1N(O)N=O. The van der Waals surface area contributed by atoms with Crippen molar-refractivity contribution in [2.45, 2.75) is 0 Å². The van der Waals surface area contributed by atoms with Crippen molar-refractivity contribution in [3.63, 3.8) is 0 Å². The van der Waals surface area contributed by atoms with Crippen LogP contribution in [0.15, 0.2) is 29.6 Å². The van der Waals surface area contributed by atoms with Gasteiger partial charge < -0.3 is 4.74 Å². The van der Waals surface area contributed by atoms with Crippen molar-refractivity contribution in [1.82, 2.24) is 0 Å². The Morgan fingerprint density at radius 3 is 2.75 bits per heavy atom. The second kappa shape index (κ2) is 3.68. The van der Waals surface area contributed by atoms with Gasteiger partial charge in [-0.25, -0.2) is 0 Å². The maximum absolute atomic E-state index is 9.94. The number of hydrogen-bond acceptors (Lipinski definition) is 4. The fraction of sp³-hybridized carbons (Fsp3) is 0.143. The Balaban J connectivity index is 3.04. The minimum atomic E-state index is 0.218. The van der Waals surface area contributed by atoms with Gasteiger partial charge in [-0.15, -0.1) is 10.1 Å². The molecule has 64 valence electrons. The summed E-state index contributed by atoms with van der Waals surface area (Å²) in [4.78, 5) is 9.94. The van der Waals surface area contributed by atoms with Crippen LogP contribution < -0.4 is 9.91 Å². The second-order valence-corrected chi connectivity index (χ2v) is 2.04. The number of methoxy groups -OCH3 is 1. The van der Waals surface area contributed by atoms with Crippen LogP contribution in [-0.4, -0.2) is 12.3 Å². The highest BCUT2D eigenvalue weighted by molar-refractivity contribution is 5.55. The zero-order valence-electron chi connectivity index (χ0n) is 6.47. The molecule has 0 heterocycles. The third-order valence-corrected chi connectivity index (χ3v) is 1.38. The van der Waals surface area contributed by atoms with Crippen molar-refractivity contribution in [2.24, 2.45) is 5.29 Å². The van der Waals surface area contributed by atoms with Crippen LogP contribution in [0.4, 0.5) is 5.69 Å². The average Bonchev–Trinajstić information content (AvgIpc) is 2.16. The van der Waals surface area contributed by atoms with Crippen molar-refractivity contribution in [1.29, 1.82) is 0 Å². The summed E-state index contributed by atoms with van der Waals surface area (Å²) in [6, 6.07) is 6.51. The molecule has 0 saturated carbocycles. The lowest BCUT2D eigenvalue weighted by Gasteiger charge is -2.09. The summed E-state index contributed by atoms with van der Waals surface area (Å²) >= 11 is 0. The lowest BCUT2D eigenvalue weighted by Crippen LogP contribution is -2.08. The van der Waals surface area contributed by atoms with Crippen molar-refractivity contribution in [3.8, 4) is 5.75 Å². The van der Waals surface area contributed by atoms with E-state index >= 15 is 0 Å². The van der Waals surface area contributed by atoms with E-state index in [1.807, 2.05) is 0 Å². The molecular weight excluding hydrogens is 160 g/mol.